The lowest BCUT2D eigenvalue weighted by Gasteiger charge is -2.70. The third-order valence-electron chi connectivity index (χ3n) is 7.79. The highest BCUT2D eigenvalue weighted by atomic mass is 35.5. The number of ether oxygens (including phenoxy) is 2. The molecular formula is C25H25ClFN5O4S. The van der Waals surface area contributed by atoms with Gasteiger partial charge in [-0.05, 0) is 18.6 Å². The summed E-state index contributed by atoms with van der Waals surface area (Å²) < 4.78 is 24.9. The molecule has 1 aromatic heterocycles. The Morgan fingerprint density at radius 2 is 2.27 bits per heavy atom. The van der Waals surface area contributed by atoms with Gasteiger partial charge in [-0.1, -0.05) is 17.7 Å². The van der Waals surface area contributed by atoms with E-state index in [0.717, 1.165) is 6.42 Å². The van der Waals surface area contributed by atoms with Crippen LogP contribution in [0.3, 0.4) is 0 Å². The molecule has 4 heterocycles. The highest BCUT2D eigenvalue weighted by Gasteiger charge is 2.72. The first kappa shape index (κ1) is 24.5. The van der Waals surface area contributed by atoms with Crippen molar-refractivity contribution in [1.29, 1.82) is 0 Å². The Morgan fingerprint density at radius 3 is 2.97 bits per heavy atom. The Morgan fingerprint density at radius 1 is 1.43 bits per heavy atom. The molecule has 1 aromatic carbocycles. The van der Waals surface area contributed by atoms with Crippen LogP contribution in [0.4, 0.5) is 4.39 Å². The van der Waals surface area contributed by atoms with Gasteiger partial charge in [-0.3, -0.25) is 14.7 Å². The molecule has 3 fully saturated rings. The normalized spacial score (nSPS) is 30.3. The smallest absolute Gasteiger partial charge is 0.338 e. The molecule has 2 aromatic rings. The Hall–Kier alpha value is -2.86. The second-order valence-electron chi connectivity index (χ2n) is 9.78. The molecule has 0 bridgehead atoms. The van der Waals surface area contributed by atoms with Gasteiger partial charge in [0.1, 0.15) is 11.9 Å². The predicted octanol–water partition coefficient (Wildman–Crippen LogP) is 2.43. The molecule has 4 unspecified atom stereocenters. The standard InChI is InChI=1S/C25H25ClFN5O4S/c1-12(33)29-16-8-25-11-36-10-18(25)32(21(16)25)9-17-19(24(34)35-2)20(14-4-3-13(27)7-15(14)26)31-22(30-17)23-28-5-6-37-23/h3-7,16,18,20-21H,8-11H2,1-2H3,(H,29,33)(H,30,31)/t16?,18?,20-,21?,25?/m0/s1. The summed E-state index contributed by atoms with van der Waals surface area (Å²) in [5, 5.41) is 9.03. The number of hydrogen-bond donors (Lipinski definition) is 2. The number of carbonyl (C=O) groups is 2. The second-order valence-corrected chi connectivity index (χ2v) is 11.1. The Kier molecular flexibility index (Phi) is 6.06. The number of aromatic nitrogens is 1. The number of amidine groups is 1. The molecule has 1 saturated carbocycles. The minimum atomic E-state index is -0.825. The van der Waals surface area contributed by atoms with Crippen LogP contribution in [-0.2, 0) is 19.1 Å². The third kappa shape index (κ3) is 3.87. The number of likely N-dealkylation sites (tertiary alicyclic amines) is 1. The largest absolute Gasteiger partial charge is 0.466 e. The fraction of sp³-hybridized carbons (Fsp3) is 0.440. The van der Waals surface area contributed by atoms with Gasteiger partial charge in [0, 0.05) is 64.9 Å². The average Bonchev–Trinajstić information content (AvgIpc) is 3.52. The fourth-order valence-corrected chi connectivity index (χ4v) is 7.19. The Labute approximate surface area is 221 Å². The number of halogens is 2. The monoisotopic (exact) mass is 545 g/mol. The van der Waals surface area contributed by atoms with E-state index in [-0.39, 0.29) is 34.5 Å². The van der Waals surface area contributed by atoms with Crippen LogP contribution in [0.1, 0.15) is 30.0 Å². The van der Waals surface area contributed by atoms with Gasteiger partial charge in [0.2, 0.25) is 5.91 Å². The molecule has 2 saturated heterocycles. The molecule has 5 atom stereocenters. The van der Waals surface area contributed by atoms with Crippen LogP contribution in [0.5, 0.6) is 0 Å². The Bertz CT molecular complexity index is 1330. The van der Waals surface area contributed by atoms with Crippen LogP contribution < -0.4 is 10.6 Å². The number of hydrogen-bond acceptors (Lipinski definition) is 9. The molecule has 3 aliphatic heterocycles. The third-order valence-corrected chi connectivity index (χ3v) is 8.90. The lowest BCUT2D eigenvalue weighted by molar-refractivity contribution is -0.195. The first-order valence-corrected chi connectivity index (χ1v) is 13.2. The highest BCUT2D eigenvalue weighted by Crippen LogP contribution is 2.60. The number of aliphatic imine (C=N–C) groups is 1. The molecule has 1 aliphatic carbocycles. The summed E-state index contributed by atoms with van der Waals surface area (Å²) in [5.74, 6) is -0.625. The van der Waals surface area contributed by atoms with Gasteiger partial charge in [0.25, 0.3) is 0 Å². The quantitative estimate of drug-likeness (QED) is 0.537. The molecule has 37 heavy (non-hydrogen) atoms. The summed E-state index contributed by atoms with van der Waals surface area (Å²) in [7, 11) is 1.31. The molecule has 6 rings (SSSR count). The second kappa shape index (κ2) is 9.16. The van der Waals surface area contributed by atoms with Crippen molar-refractivity contribution in [2.45, 2.75) is 37.5 Å². The highest BCUT2D eigenvalue weighted by molar-refractivity contribution is 7.11. The topological polar surface area (TPSA) is 105 Å². The van der Waals surface area contributed by atoms with Crippen molar-refractivity contribution >= 4 is 40.6 Å². The predicted molar refractivity (Wildman–Crippen MR) is 135 cm³/mol. The first-order valence-electron chi connectivity index (χ1n) is 11.9. The number of benzene rings is 1. The van der Waals surface area contributed by atoms with Gasteiger partial charge in [0.15, 0.2) is 10.8 Å². The molecule has 9 nitrogen and oxygen atoms in total. The zero-order valence-corrected chi connectivity index (χ0v) is 21.7. The summed E-state index contributed by atoms with van der Waals surface area (Å²) in [6.07, 6.45) is 2.55. The summed E-state index contributed by atoms with van der Waals surface area (Å²) in [4.78, 5) is 36.5. The number of carbonyl (C=O) groups excluding carboxylic acids is 2. The van der Waals surface area contributed by atoms with E-state index < -0.39 is 17.8 Å². The molecule has 4 aliphatic rings. The Balaban J connectivity index is 1.41. The first-order chi connectivity index (χ1) is 17.8. The van der Waals surface area contributed by atoms with E-state index in [0.29, 0.717) is 47.4 Å². The van der Waals surface area contributed by atoms with Gasteiger partial charge < -0.3 is 20.1 Å². The summed E-state index contributed by atoms with van der Waals surface area (Å²) in [5.41, 5.74) is 1.40. The summed E-state index contributed by atoms with van der Waals surface area (Å²) in [6.45, 7) is 3.14. The van der Waals surface area contributed by atoms with E-state index in [1.165, 1.54) is 43.6 Å². The fourth-order valence-electron chi connectivity index (χ4n) is 6.33. The molecule has 1 spiro atoms. The minimum absolute atomic E-state index is 0.00987. The van der Waals surface area contributed by atoms with Crippen molar-refractivity contribution in [3.63, 3.8) is 0 Å². The zero-order chi connectivity index (χ0) is 25.9. The number of esters is 1. The van der Waals surface area contributed by atoms with Crippen LogP contribution in [0.15, 0.2) is 46.0 Å². The van der Waals surface area contributed by atoms with Gasteiger partial charge in [0.05, 0.1) is 25.9 Å². The van der Waals surface area contributed by atoms with Gasteiger partial charge in [-0.15, -0.1) is 11.3 Å². The van der Waals surface area contributed by atoms with Crippen LogP contribution >= 0.6 is 22.9 Å². The number of rotatable bonds is 6. The van der Waals surface area contributed by atoms with Crippen molar-refractivity contribution < 1.29 is 23.5 Å². The van der Waals surface area contributed by atoms with E-state index in [2.05, 4.69) is 20.5 Å². The maximum Gasteiger partial charge on any atom is 0.338 e. The van der Waals surface area contributed by atoms with Crippen molar-refractivity contribution in [2.24, 2.45) is 10.4 Å². The van der Waals surface area contributed by atoms with E-state index in [1.54, 1.807) is 6.20 Å². The summed E-state index contributed by atoms with van der Waals surface area (Å²) in [6, 6.07) is 3.48. The number of nitrogens with one attached hydrogen (secondary N) is 2. The SMILES string of the molecule is COC(=O)C1=C(CN2C3COCC34CC(NC(C)=O)C24)NC(c2nccs2)=N[C@H]1c1ccc(F)cc1Cl. The van der Waals surface area contributed by atoms with Crippen molar-refractivity contribution in [2.75, 3.05) is 26.9 Å². The molecule has 12 heteroatoms. The minimum Gasteiger partial charge on any atom is -0.466 e. The van der Waals surface area contributed by atoms with E-state index in [4.69, 9.17) is 26.1 Å². The average molecular weight is 546 g/mol. The number of thiazole rings is 1. The summed E-state index contributed by atoms with van der Waals surface area (Å²) >= 11 is 7.85. The van der Waals surface area contributed by atoms with Crippen LogP contribution in [0, 0.1) is 11.2 Å². The van der Waals surface area contributed by atoms with Crippen molar-refractivity contribution in [3.05, 3.63) is 62.5 Å². The lowest BCUT2D eigenvalue weighted by Crippen LogP contribution is -2.84. The van der Waals surface area contributed by atoms with Gasteiger partial charge in [-0.25, -0.2) is 14.2 Å². The number of methoxy groups -OCH3 is 1. The maximum atomic E-state index is 13.9. The zero-order valence-electron chi connectivity index (χ0n) is 20.2. The van der Waals surface area contributed by atoms with E-state index in [1.807, 2.05) is 5.38 Å². The van der Waals surface area contributed by atoms with Gasteiger partial charge >= 0.3 is 5.97 Å². The van der Waals surface area contributed by atoms with Crippen LogP contribution in [0.25, 0.3) is 0 Å². The van der Waals surface area contributed by atoms with Crippen molar-refractivity contribution in [3.8, 4) is 0 Å². The molecule has 194 valence electrons. The lowest BCUT2D eigenvalue weighted by atomic mass is 9.51. The van der Waals surface area contributed by atoms with Crippen molar-refractivity contribution in [1.82, 2.24) is 20.5 Å². The number of nitrogens with zero attached hydrogens (tertiary/aromatic N) is 3. The molecular weight excluding hydrogens is 521 g/mol. The molecule has 0 radical (unpaired) electrons. The molecule has 2 N–H and O–H groups in total. The van der Waals surface area contributed by atoms with Crippen LogP contribution in [-0.4, -0.2) is 72.6 Å². The van der Waals surface area contributed by atoms with Crippen LogP contribution in [0.2, 0.25) is 5.02 Å². The molecule has 1 amide bonds. The maximum absolute atomic E-state index is 13.9. The van der Waals surface area contributed by atoms with E-state index >= 15 is 0 Å². The number of piperidine rings is 1. The van der Waals surface area contributed by atoms with Gasteiger partial charge in [-0.2, -0.15) is 0 Å². The number of amides is 1. The van der Waals surface area contributed by atoms with E-state index in [9.17, 15) is 14.0 Å².